The van der Waals surface area contributed by atoms with E-state index in [9.17, 15) is 5.11 Å². The summed E-state index contributed by atoms with van der Waals surface area (Å²) in [6.07, 6.45) is -0.424. The monoisotopic (exact) mass is 269 g/mol. The fraction of sp³-hybridized carbons (Fsp3) is 0.417. The molecule has 0 radical (unpaired) electrons. The lowest BCUT2D eigenvalue weighted by atomic mass is 10.3. The van der Waals surface area contributed by atoms with E-state index in [1.54, 1.807) is 23.1 Å². The third kappa shape index (κ3) is 3.67. The Labute approximate surface area is 109 Å². The van der Waals surface area contributed by atoms with Crippen LogP contribution in [0.1, 0.15) is 6.92 Å². The van der Waals surface area contributed by atoms with Gasteiger partial charge in [-0.25, -0.2) is 4.98 Å². The lowest BCUT2D eigenvalue weighted by Gasteiger charge is -2.08. The molecule has 1 atom stereocenters. The van der Waals surface area contributed by atoms with Crippen LogP contribution in [0.25, 0.3) is 10.2 Å². The summed E-state index contributed by atoms with van der Waals surface area (Å²) in [6.45, 7) is 2.96. The SMILES string of the molecule is CCOCC(O)CSc1nc2ccccc2s1. The van der Waals surface area contributed by atoms with E-state index in [0.29, 0.717) is 19.0 Å². The summed E-state index contributed by atoms with van der Waals surface area (Å²) in [6, 6.07) is 8.07. The molecule has 0 bridgehead atoms. The number of para-hydroxylation sites is 1. The molecule has 17 heavy (non-hydrogen) atoms. The van der Waals surface area contributed by atoms with E-state index in [0.717, 1.165) is 9.86 Å². The molecule has 92 valence electrons. The Bertz CT molecular complexity index is 439. The van der Waals surface area contributed by atoms with Gasteiger partial charge in [0, 0.05) is 12.4 Å². The van der Waals surface area contributed by atoms with Crippen molar-refractivity contribution in [1.82, 2.24) is 4.98 Å². The van der Waals surface area contributed by atoms with Crippen molar-refractivity contribution >= 4 is 33.3 Å². The maximum absolute atomic E-state index is 9.65. The molecule has 0 aliphatic carbocycles. The first-order chi connectivity index (χ1) is 8.29. The number of fused-ring (bicyclic) bond motifs is 1. The molecule has 0 aliphatic rings. The number of aliphatic hydroxyl groups is 1. The summed E-state index contributed by atoms with van der Waals surface area (Å²) in [4.78, 5) is 4.49. The van der Waals surface area contributed by atoms with Gasteiger partial charge in [0.2, 0.25) is 0 Å². The van der Waals surface area contributed by atoms with Crippen LogP contribution in [0.2, 0.25) is 0 Å². The van der Waals surface area contributed by atoms with E-state index in [-0.39, 0.29) is 0 Å². The highest BCUT2D eigenvalue weighted by Crippen LogP contribution is 2.29. The van der Waals surface area contributed by atoms with Gasteiger partial charge in [-0.3, -0.25) is 0 Å². The smallest absolute Gasteiger partial charge is 0.151 e. The number of benzene rings is 1. The second kappa shape index (κ2) is 6.35. The molecule has 0 saturated carbocycles. The predicted molar refractivity (Wildman–Crippen MR) is 72.8 cm³/mol. The molecule has 1 heterocycles. The van der Waals surface area contributed by atoms with E-state index >= 15 is 0 Å². The molecular weight excluding hydrogens is 254 g/mol. The van der Waals surface area contributed by atoms with Crippen LogP contribution < -0.4 is 0 Å². The van der Waals surface area contributed by atoms with Gasteiger partial charge in [-0.1, -0.05) is 23.9 Å². The Morgan fingerprint density at radius 1 is 1.47 bits per heavy atom. The Kier molecular flexibility index (Phi) is 4.79. The second-order valence-corrected chi connectivity index (χ2v) is 5.87. The largest absolute Gasteiger partial charge is 0.390 e. The zero-order valence-corrected chi connectivity index (χ0v) is 11.3. The normalized spacial score (nSPS) is 13.1. The Balaban J connectivity index is 1.90. The molecule has 5 heteroatoms. The van der Waals surface area contributed by atoms with Crippen LogP contribution in [0.15, 0.2) is 28.6 Å². The second-order valence-electron chi connectivity index (χ2n) is 3.57. The van der Waals surface area contributed by atoms with Crippen LogP contribution in [-0.4, -0.2) is 35.2 Å². The summed E-state index contributed by atoms with van der Waals surface area (Å²) in [5.74, 6) is 0.625. The molecule has 1 N–H and O–H groups in total. The van der Waals surface area contributed by atoms with Crippen molar-refractivity contribution in [2.45, 2.75) is 17.4 Å². The number of aliphatic hydroxyl groups excluding tert-OH is 1. The van der Waals surface area contributed by atoms with Gasteiger partial charge in [-0.05, 0) is 19.1 Å². The molecule has 2 rings (SSSR count). The Morgan fingerprint density at radius 2 is 2.29 bits per heavy atom. The van der Waals surface area contributed by atoms with Gasteiger partial charge in [0.05, 0.1) is 22.9 Å². The van der Waals surface area contributed by atoms with Crippen molar-refractivity contribution < 1.29 is 9.84 Å². The maximum Gasteiger partial charge on any atom is 0.151 e. The van der Waals surface area contributed by atoms with Gasteiger partial charge in [0.1, 0.15) is 0 Å². The van der Waals surface area contributed by atoms with Crippen LogP contribution >= 0.6 is 23.1 Å². The third-order valence-electron chi connectivity index (χ3n) is 2.19. The molecule has 1 unspecified atom stereocenters. The topological polar surface area (TPSA) is 42.4 Å². The van der Waals surface area contributed by atoms with Crippen molar-refractivity contribution in [3.8, 4) is 0 Å². The molecule has 0 amide bonds. The molecule has 0 spiro atoms. The minimum atomic E-state index is -0.424. The molecular formula is C12H15NO2S2. The highest BCUT2D eigenvalue weighted by Gasteiger charge is 2.08. The Hall–Kier alpha value is -0.620. The van der Waals surface area contributed by atoms with Gasteiger partial charge in [0.25, 0.3) is 0 Å². The zero-order valence-electron chi connectivity index (χ0n) is 9.63. The molecule has 1 aromatic heterocycles. The number of thiazole rings is 1. The lowest BCUT2D eigenvalue weighted by molar-refractivity contribution is 0.0551. The number of hydrogen-bond acceptors (Lipinski definition) is 5. The first-order valence-electron chi connectivity index (χ1n) is 5.53. The molecule has 0 aliphatic heterocycles. The number of aromatic nitrogens is 1. The van der Waals surface area contributed by atoms with Crippen molar-refractivity contribution in [1.29, 1.82) is 0 Å². The van der Waals surface area contributed by atoms with Crippen LogP contribution in [0.3, 0.4) is 0 Å². The third-order valence-corrected chi connectivity index (χ3v) is 4.51. The fourth-order valence-corrected chi connectivity index (χ4v) is 3.38. The first kappa shape index (κ1) is 12.8. The van der Waals surface area contributed by atoms with E-state index in [1.807, 2.05) is 25.1 Å². The first-order valence-corrected chi connectivity index (χ1v) is 7.34. The summed E-state index contributed by atoms with van der Waals surface area (Å²) in [7, 11) is 0. The highest BCUT2D eigenvalue weighted by atomic mass is 32.2. The summed E-state index contributed by atoms with van der Waals surface area (Å²) in [5, 5.41) is 9.65. The molecule has 2 aromatic rings. The van der Waals surface area contributed by atoms with Gasteiger partial charge < -0.3 is 9.84 Å². The van der Waals surface area contributed by atoms with Crippen molar-refractivity contribution in [3.05, 3.63) is 24.3 Å². The van der Waals surface area contributed by atoms with Crippen molar-refractivity contribution in [3.63, 3.8) is 0 Å². The number of hydrogen-bond donors (Lipinski definition) is 1. The lowest BCUT2D eigenvalue weighted by Crippen LogP contribution is -2.17. The van der Waals surface area contributed by atoms with Crippen LogP contribution in [-0.2, 0) is 4.74 Å². The molecule has 3 nitrogen and oxygen atoms in total. The van der Waals surface area contributed by atoms with Gasteiger partial charge >= 0.3 is 0 Å². The van der Waals surface area contributed by atoms with E-state index in [4.69, 9.17) is 4.74 Å². The Morgan fingerprint density at radius 3 is 3.06 bits per heavy atom. The van der Waals surface area contributed by atoms with E-state index in [1.165, 1.54) is 4.70 Å². The van der Waals surface area contributed by atoms with Gasteiger partial charge in [-0.15, -0.1) is 11.3 Å². The number of ether oxygens (including phenoxy) is 1. The number of nitrogens with zero attached hydrogens (tertiary/aromatic N) is 1. The van der Waals surface area contributed by atoms with Crippen molar-refractivity contribution in [2.75, 3.05) is 19.0 Å². The molecule has 0 fully saturated rings. The van der Waals surface area contributed by atoms with Gasteiger partial charge in [0.15, 0.2) is 4.34 Å². The summed E-state index contributed by atoms with van der Waals surface area (Å²) in [5.41, 5.74) is 1.03. The van der Waals surface area contributed by atoms with Crippen molar-refractivity contribution in [2.24, 2.45) is 0 Å². The average molecular weight is 269 g/mol. The summed E-state index contributed by atoms with van der Waals surface area (Å²) < 4.78 is 7.35. The van der Waals surface area contributed by atoms with Crippen LogP contribution in [0, 0.1) is 0 Å². The number of rotatable bonds is 6. The molecule has 1 aromatic carbocycles. The van der Waals surface area contributed by atoms with Crippen LogP contribution in [0.4, 0.5) is 0 Å². The van der Waals surface area contributed by atoms with E-state index in [2.05, 4.69) is 11.1 Å². The predicted octanol–water partition coefficient (Wildman–Crippen LogP) is 2.79. The number of thioether (sulfide) groups is 1. The van der Waals surface area contributed by atoms with Crippen LogP contribution in [0.5, 0.6) is 0 Å². The fourth-order valence-electron chi connectivity index (χ4n) is 1.38. The van der Waals surface area contributed by atoms with Gasteiger partial charge in [-0.2, -0.15) is 0 Å². The average Bonchev–Trinajstić information content (AvgIpc) is 2.76. The minimum absolute atomic E-state index is 0.397. The minimum Gasteiger partial charge on any atom is -0.390 e. The summed E-state index contributed by atoms with van der Waals surface area (Å²) >= 11 is 3.25. The maximum atomic E-state index is 9.65. The van der Waals surface area contributed by atoms with E-state index < -0.39 is 6.10 Å². The molecule has 0 saturated heterocycles. The highest BCUT2D eigenvalue weighted by molar-refractivity contribution is 8.01. The quantitative estimate of drug-likeness (QED) is 0.819. The standard InChI is InChI=1S/C12H15NO2S2/c1-2-15-7-9(14)8-16-12-13-10-5-3-4-6-11(10)17-12/h3-6,9,14H,2,7-8H2,1H3. The zero-order chi connectivity index (χ0) is 12.1.